The molecule has 0 aliphatic rings. The fourth-order valence-electron chi connectivity index (χ4n) is 2.97. The number of fused-ring (bicyclic) bond motifs is 1. The molecule has 3 rings (SSSR count). The first-order chi connectivity index (χ1) is 14.9. The lowest BCUT2D eigenvalue weighted by molar-refractivity contribution is -0.139. The first-order valence-electron chi connectivity index (χ1n) is 9.67. The first-order valence-corrected chi connectivity index (χ1v) is 11.1. The lowest BCUT2D eigenvalue weighted by Crippen LogP contribution is -2.42. The van der Waals surface area contributed by atoms with Crippen molar-refractivity contribution in [2.75, 3.05) is 12.0 Å². The standard InChI is InChI=1S/C23H23NO6S/c1-14-22(29-16-7-5-4-6-8-16)21(26)18-10-9-17(13-20(18)28-14)30-23(27)19(11-12-31-3)24-15(2)25/h4-10,13,19H,11-12H2,1-3H3,(H,24,25)/t19-/m0/s1. The Balaban J connectivity index is 1.85. The lowest BCUT2D eigenvalue weighted by atomic mass is 10.2. The minimum absolute atomic E-state index is 0.103. The Kier molecular flexibility index (Phi) is 7.36. The van der Waals surface area contributed by atoms with E-state index in [-0.39, 0.29) is 28.4 Å². The number of ether oxygens (including phenoxy) is 2. The van der Waals surface area contributed by atoms with E-state index >= 15 is 0 Å². The number of aryl methyl sites for hydroxylation is 1. The lowest BCUT2D eigenvalue weighted by Gasteiger charge is -2.16. The molecule has 2 aromatic carbocycles. The van der Waals surface area contributed by atoms with Crippen LogP contribution in [0.25, 0.3) is 11.0 Å². The third-order valence-electron chi connectivity index (χ3n) is 4.44. The van der Waals surface area contributed by atoms with Gasteiger partial charge in [0.25, 0.3) is 0 Å². The molecule has 3 aromatic rings. The van der Waals surface area contributed by atoms with Crippen molar-refractivity contribution < 1.29 is 23.5 Å². The Morgan fingerprint density at radius 3 is 2.55 bits per heavy atom. The van der Waals surface area contributed by atoms with E-state index in [1.807, 2.05) is 12.3 Å². The zero-order chi connectivity index (χ0) is 22.4. The van der Waals surface area contributed by atoms with Gasteiger partial charge in [0.15, 0.2) is 0 Å². The number of amides is 1. The number of thioether (sulfide) groups is 1. The highest BCUT2D eigenvalue weighted by molar-refractivity contribution is 7.98. The van der Waals surface area contributed by atoms with Crippen molar-refractivity contribution in [1.82, 2.24) is 5.32 Å². The highest BCUT2D eigenvalue weighted by Crippen LogP contribution is 2.27. The van der Waals surface area contributed by atoms with Gasteiger partial charge in [-0.1, -0.05) is 18.2 Å². The maximum atomic E-state index is 12.9. The van der Waals surface area contributed by atoms with Crippen molar-refractivity contribution >= 4 is 34.6 Å². The van der Waals surface area contributed by atoms with Gasteiger partial charge < -0.3 is 19.2 Å². The summed E-state index contributed by atoms with van der Waals surface area (Å²) in [4.78, 5) is 36.8. The molecule has 0 bridgehead atoms. The van der Waals surface area contributed by atoms with Crippen LogP contribution in [-0.2, 0) is 9.59 Å². The van der Waals surface area contributed by atoms with Crippen LogP contribution < -0.4 is 20.2 Å². The second kappa shape index (κ2) is 10.2. The van der Waals surface area contributed by atoms with Gasteiger partial charge in [0.05, 0.1) is 5.39 Å². The van der Waals surface area contributed by atoms with Crippen molar-refractivity contribution in [1.29, 1.82) is 0 Å². The molecule has 1 N–H and O–H groups in total. The molecule has 1 heterocycles. The maximum Gasteiger partial charge on any atom is 0.334 e. The molecule has 0 fully saturated rings. The van der Waals surface area contributed by atoms with Crippen LogP contribution in [0.2, 0.25) is 0 Å². The van der Waals surface area contributed by atoms with Crippen LogP contribution in [0, 0.1) is 6.92 Å². The molecule has 0 aliphatic heterocycles. The van der Waals surface area contributed by atoms with E-state index in [9.17, 15) is 14.4 Å². The molecule has 0 unspecified atom stereocenters. The second-order valence-electron chi connectivity index (χ2n) is 6.85. The second-order valence-corrected chi connectivity index (χ2v) is 7.83. The molecule has 0 radical (unpaired) electrons. The maximum absolute atomic E-state index is 12.9. The molecule has 0 spiro atoms. The van der Waals surface area contributed by atoms with E-state index < -0.39 is 12.0 Å². The Bertz CT molecular complexity index is 1140. The van der Waals surface area contributed by atoms with E-state index in [1.54, 1.807) is 43.0 Å². The van der Waals surface area contributed by atoms with Gasteiger partial charge in [-0.15, -0.1) is 0 Å². The summed E-state index contributed by atoms with van der Waals surface area (Å²) in [6.45, 7) is 2.98. The summed E-state index contributed by atoms with van der Waals surface area (Å²) in [6, 6.07) is 12.7. The Morgan fingerprint density at radius 1 is 1.13 bits per heavy atom. The van der Waals surface area contributed by atoms with Crippen molar-refractivity contribution in [3.8, 4) is 17.2 Å². The normalized spacial score (nSPS) is 11.7. The molecule has 0 saturated carbocycles. The van der Waals surface area contributed by atoms with Crippen LogP contribution in [0.1, 0.15) is 19.1 Å². The van der Waals surface area contributed by atoms with Crippen molar-refractivity contribution in [2.45, 2.75) is 26.3 Å². The minimum atomic E-state index is -0.754. The number of carbonyl (C=O) groups is 2. The fourth-order valence-corrected chi connectivity index (χ4v) is 3.44. The zero-order valence-electron chi connectivity index (χ0n) is 17.5. The minimum Gasteiger partial charge on any atom is -0.457 e. The molecule has 31 heavy (non-hydrogen) atoms. The third-order valence-corrected chi connectivity index (χ3v) is 5.08. The fraction of sp³-hybridized carbons (Fsp3) is 0.261. The summed E-state index contributed by atoms with van der Waals surface area (Å²) < 4.78 is 16.9. The van der Waals surface area contributed by atoms with Gasteiger partial charge in [0.2, 0.25) is 17.1 Å². The number of hydrogen-bond acceptors (Lipinski definition) is 7. The van der Waals surface area contributed by atoms with Gasteiger partial charge >= 0.3 is 5.97 Å². The predicted octanol–water partition coefficient (Wildman–Crippen LogP) is 4.06. The number of carbonyl (C=O) groups excluding carboxylic acids is 2. The average molecular weight is 442 g/mol. The van der Waals surface area contributed by atoms with Crippen LogP contribution in [0.4, 0.5) is 0 Å². The van der Waals surface area contributed by atoms with Gasteiger partial charge in [-0.05, 0) is 49.6 Å². The average Bonchev–Trinajstić information content (AvgIpc) is 2.74. The summed E-state index contributed by atoms with van der Waals surface area (Å²) in [5.41, 5.74) is -0.0509. The molecule has 8 heteroatoms. The summed E-state index contributed by atoms with van der Waals surface area (Å²) in [5.74, 6) is 0.956. The van der Waals surface area contributed by atoms with Crippen LogP contribution >= 0.6 is 11.8 Å². The number of para-hydroxylation sites is 1. The molecule has 1 amide bonds. The first kappa shape index (κ1) is 22.4. The third kappa shape index (κ3) is 5.67. The highest BCUT2D eigenvalue weighted by Gasteiger charge is 2.22. The number of hydrogen-bond donors (Lipinski definition) is 1. The molecule has 1 aromatic heterocycles. The highest BCUT2D eigenvalue weighted by atomic mass is 32.2. The predicted molar refractivity (Wildman–Crippen MR) is 120 cm³/mol. The number of rotatable bonds is 8. The van der Waals surface area contributed by atoms with Crippen LogP contribution in [0.15, 0.2) is 57.7 Å². The molecule has 0 aliphatic carbocycles. The van der Waals surface area contributed by atoms with Gasteiger partial charge in [-0.3, -0.25) is 9.59 Å². The van der Waals surface area contributed by atoms with E-state index in [2.05, 4.69) is 5.32 Å². The summed E-state index contributed by atoms with van der Waals surface area (Å²) in [5, 5.41) is 2.91. The van der Waals surface area contributed by atoms with Crippen molar-refractivity contribution in [2.24, 2.45) is 0 Å². The number of esters is 1. The van der Waals surface area contributed by atoms with E-state index in [0.717, 1.165) is 0 Å². The molecule has 7 nitrogen and oxygen atoms in total. The molecular weight excluding hydrogens is 418 g/mol. The number of nitrogens with one attached hydrogen (secondary N) is 1. The van der Waals surface area contributed by atoms with E-state index in [1.165, 1.54) is 25.1 Å². The number of benzene rings is 2. The van der Waals surface area contributed by atoms with Crippen LogP contribution in [0.3, 0.4) is 0 Å². The van der Waals surface area contributed by atoms with Crippen LogP contribution in [-0.4, -0.2) is 29.9 Å². The SMILES string of the molecule is CSCC[C@H](NC(C)=O)C(=O)Oc1ccc2c(=O)c(Oc3ccccc3)c(C)oc2c1. The van der Waals surface area contributed by atoms with Gasteiger partial charge in [0.1, 0.15) is 28.9 Å². The monoisotopic (exact) mass is 441 g/mol. The quantitative estimate of drug-likeness (QED) is 0.416. The van der Waals surface area contributed by atoms with Gasteiger partial charge in [-0.25, -0.2) is 4.79 Å². The summed E-state index contributed by atoms with van der Waals surface area (Å²) in [6.07, 6.45) is 2.36. The molecule has 162 valence electrons. The van der Waals surface area contributed by atoms with E-state index in [0.29, 0.717) is 29.1 Å². The van der Waals surface area contributed by atoms with Crippen LogP contribution in [0.5, 0.6) is 17.2 Å². The van der Waals surface area contributed by atoms with Gasteiger partial charge in [-0.2, -0.15) is 11.8 Å². The molecule has 0 saturated heterocycles. The van der Waals surface area contributed by atoms with Crippen molar-refractivity contribution in [3.63, 3.8) is 0 Å². The topological polar surface area (TPSA) is 94.8 Å². The zero-order valence-corrected chi connectivity index (χ0v) is 18.3. The van der Waals surface area contributed by atoms with Gasteiger partial charge in [0, 0.05) is 13.0 Å². The summed E-state index contributed by atoms with van der Waals surface area (Å²) in [7, 11) is 0. The van der Waals surface area contributed by atoms with Crippen molar-refractivity contribution in [3.05, 3.63) is 64.5 Å². The Hall–Kier alpha value is -3.26. The molecule has 1 atom stereocenters. The Morgan fingerprint density at radius 2 is 1.87 bits per heavy atom. The molecular formula is C23H23NO6S. The summed E-state index contributed by atoms with van der Waals surface area (Å²) >= 11 is 1.57. The largest absolute Gasteiger partial charge is 0.457 e. The smallest absolute Gasteiger partial charge is 0.334 e. The Labute approximate surface area is 183 Å². The van der Waals surface area contributed by atoms with E-state index in [4.69, 9.17) is 13.9 Å².